The second kappa shape index (κ2) is 6.31. The van der Waals surface area contributed by atoms with Gasteiger partial charge >= 0.3 is 0 Å². The van der Waals surface area contributed by atoms with Crippen molar-refractivity contribution in [1.29, 1.82) is 0 Å². The van der Waals surface area contributed by atoms with Gasteiger partial charge in [-0.3, -0.25) is 4.79 Å². The molecule has 0 saturated carbocycles. The predicted molar refractivity (Wildman–Crippen MR) is 76.7 cm³/mol. The van der Waals surface area contributed by atoms with Crippen LogP contribution in [-0.4, -0.2) is 31.1 Å². The lowest BCUT2D eigenvalue weighted by molar-refractivity contribution is 0.0902. The van der Waals surface area contributed by atoms with Gasteiger partial charge in [0.15, 0.2) is 5.78 Å². The molecular weight excluding hydrogens is 238 g/mol. The number of hydrogen-bond donors (Lipinski definition) is 1. The van der Waals surface area contributed by atoms with Crippen molar-refractivity contribution < 1.29 is 9.53 Å². The van der Waals surface area contributed by atoms with Crippen molar-refractivity contribution in [2.45, 2.75) is 45.8 Å². The number of aryl methyl sites for hydroxylation is 2. The molecule has 1 saturated heterocycles. The van der Waals surface area contributed by atoms with Gasteiger partial charge in [0.1, 0.15) is 0 Å². The summed E-state index contributed by atoms with van der Waals surface area (Å²) in [5.74, 6) is 0.154. The van der Waals surface area contributed by atoms with Gasteiger partial charge in [0, 0.05) is 18.7 Å². The van der Waals surface area contributed by atoms with E-state index in [-0.39, 0.29) is 17.9 Å². The number of ether oxygens (including phenoxy) is 1. The Morgan fingerprint density at radius 1 is 1.42 bits per heavy atom. The molecule has 3 heteroatoms. The number of rotatable bonds is 5. The number of carbonyl (C=O) groups is 1. The van der Waals surface area contributed by atoms with Gasteiger partial charge in [-0.1, -0.05) is 12.1 Å². The molecule has 0 bridgehead atoms. The second-order valence-corrected chi connectivity index (χ2v) is 5.43. The molecule has 1 N–H and O–H groups in total. The third-order valence-electron chi connectivity index (χ3n) is 3.86. The molecule has 1 aliphatic heterocycles. The third kappa shape index (κ3) is 3.64. The van der Waals surface area contributed by atoms with E-state index in [1.165, 1.54) is 5.56 Å². The van der Waals surface area contributed by atoms with E-state index in [0.717, 1.165) is 37.1 Å². The number of hydrogen-bond acceptors (Lipinski definition) is 3. The van der Waals surface area contributed by atoms with Crippen LogP contribution in [0.5, 0.6) is 0 Å². The first kappa shape index (κ1) is 14.2. The fraction of sp³-hybridized carbons (Fsp3) is 0.562. The lowest BCUT2D eigenvalue weighted by Crippen LogP contribution is -2.38. The van der Waals surface area contributed by atoms with Gasteiger partial charge in [-0.25, -0.2) is 0 Å². The zero-order valence-corrected chi connectivity index (χ0v) is 12.0. The van der Waals surface area contributed by atoms with Gasteiger partial charge in [-0.15, -0.1) is 0 Å². The van der Waals surface area contributed by atoms with E-state index in [9.17, 15) is 4.79 Å². The molecule has 0 aromatic heterocycles. The molecule has 1 aliphatic rings. The van der Waals surface area contributed by atoms with Crippen LogP contribution in [0.2, 0.25) is 0 Å². The van der Waals surface area contributed by atoms with Crippen molar-refractivity contribution in [2.75, 3.05) is 13.2 Å². The third-order valence-corrected chi connectivity index (χ3v) is 3.86. The van der Waals surface area contributed by atoms with Crippen molar-refractivity contribution in [3.05, 3.63) is 34.9 Å². The van der Waals surface area contributed by atoms with Gasteiger partial charge in [0.25, 0.3) is 0 Å². The molecule has 1 heterocycles. The lowest BCUT2D eigenvalue weighted by Gasteiger charge is -2.16. The van der Waals surface area contributed by atoms with Crippen molar-refractivity contribution in [2.24, 2.45) is 0 Å². The van der Waals surface area contributed by atoms with E-state index >= 15 is 0 Å². The number of nitrogens with one attached hydrogen (secondary N) is 1. The van der Waals surface area contributed by atoms with Gasteiger partial charge in [-0.05, 0) is 50.8 Å². The summed E-state index contributed by atoms with van der Waals surface area (Å²) in [6, 6.07) is 5.73. The molecule has 2 rings (SSSR count). The van der Waals surface area contributed by atoms with Crippen LogP contribution in [0, 0.1) is 13.8 Å². The molecule has 1 aromatic rings. The average Bonchev–Trinajstić information content (AvgIpc) is 2.91. The fourth-order valence-electron chi connectivity index (χ4n) is 2.35. The molecule has 3 nitrogen and oxygen atoms in total. The maximum atomic E-state index is 12.3. The van der Waals surface area contributed by atoms with E-state index in [0.29, 0.717) is 0 Å². The van der Waals surface area contributed by atoms with Crippen LogP contribution >= 0.6 is 0 Å². The average molecular weight is 261 g/mol. The van der Waals surface area contributed by atoms with Crippen LogP contribution in [0.3, 0.4) is 0 Å². The summed E-state index contributed by atoms with van der Waals surface area (Å²) < 4.78 is 5.55. The maximum Gasteiger partial charge on any atom is 0.179 e. The first-order chi connectivity index (χ1) is 9.08. The Kier molecular flexibility index (Phi) is 4.72. The number of Topliss-reactive ketones (excluding diaryl/α,β-unsaturated/α-hetero) is 1. The van der Waals surface area contributed by atoms with E-state index in [1.54, 1.807) is 0 Å². The van der Waals surface area contributed by atoms with E-state index in [4.69, 9.17) is 4.74 Å². The summed E-state index contributed by atoms with van der Waals surface area (Å²) in [5.41, 5.74) is 3.17. The normalized spacial score (nSPS) is 20.5. The molecule has 2 unspecified atom stereocenters. The zero-order valence-electron chi connectivity index (χ0n) is 12.0. The SMILES string of the molecule is Cc1ccc(C(=O)C(C)NCC2CCCO2)cc1C. The first-order valence-corrected chi connectivity index (χ1v) is 7.04. The molecule has 0 amide bonds. The topological polar surface area (TPSA) is 38.3 Å². The Balaban J connectivity index is 1.92. The molecule has 1 aromatic carbocycles. The van der Waals surface area contributed by atoms with Crippen LogP contribution in [-0.2, 0) is 4.74 Å². The molecule has 1 fully saturated rings. The molecule has 2 atom stereocenters. The molecule has 0 spiro atoms. The minimum absolute atomic E-state index is 0.154. The Labute approximate surface area is 115 Å². The highest BCUT2D eigenvalue weighted by molar-refractivity contribution is 6.00. The highest BCUT2D eigenvalue weighted by Crippen LogP contribution is 2.13. The second-order valence-electron chi connectivity index (χ2n) is 5.43. The standard InChI is InChI=1S/C16H23NO2/c1-11-6-7-14(9-12(11)2)16(18)13(3)17-10-15-5-4-8-19-15/h6-7,9,13,15,17H,4-5,8,10H2,1-3H3. The minimum atomic E-state index is -0.161. The van der Waals surface area contributed by atoms with Crippen molar-refractivity contribution in [3.63, 3.8) is 0 Å². The van der Waals surface area contributed by atoms with Crippen LogP contribution < -0.4 is 5.32 Å². The number of ketones is 1. The quantitative estimate of drug-likeness (QED) is 0.828. The van der Waals surface area contributed by atoms with Gasteiger partial charge < -0.3 is 10.1 Å². The van der Waals surface area contributed by atoms with Crippen molar-refractivity contribution in [3.8, 4) is 0 Å². The Morgan fingerprint density at radius 3 is 2.84 bits per heavy atom. The fourth-order valence-corrected chi connectivity index (χ4v) is 2.35. The molecule has 0 radical (unpaired) electrons. The summed E-state index contributed by atoms with van der Waals surface area (Å²) in [7, 11) is 0. The highest BCUT2D eigenvalue weighted by atomic mass is 16.5. The van der Waals surface area contributed by atoms with E-state index in [1.807, 2.05) is 32.0 Å². The Morgan fingerprint density at radius 2 is 2.21 bits per heavy atom. The summed E-state index contributed by atoms with van der Waals surface area (Å²) >= 11 is 0. The monoisotopic (exact) mass is 261 g/mol. The zero-order chi connectivity index (χ0) is 13.8. The van der Waals surface area contributed by atoms with Crippen LogP contribution in [0.25, 0.3) is 0 Å². The summed E-state index contributed by atoms with van der Waals surface area (Å²) in [6.45, 7) is 7.63. The molecule has 0 aliphatic carbocycles. The van der Waals surface area contributed by atoms with Crippen molar-refractivity contribution >= 4 is 5.78 Å². The largest absolute Gasteiger partial charge is 0.377 e. The van der Waals surface area contributed by atoms with Gasteiger partial charge in [0.2, 0.25) is 0 Å². The molecule has 19 heavy (non-hydrogen) atoms. The highest BCUT2D eigenvalue weighted by Gasteiger charge is 2.19. The van der Waals surface area contributed by atoms with Crippen LogP contribution in [0.4, 0.5) is 0 Å². The predicted octanol–water partition coefficient (Wildman–Crippen LogP) is 2.64. The Hall–Kier alpha value is -1.19. The first-order valence-electron chi connectivity index (χ1n) is 7.04. The summed E-state index contributed by atoms with van der Waals surface area (Å²) in [5, 5.41) is 3.28. The Bertz CT molecular complexity index is 450. The van der Waals surface area contributed by atoms with E-state index < -0.39 is 0 Å². The lowest BCUT2D eigenvalue weighted by atomic mass is 10.0. The van der Waals surface area contributed by atoms with Gasteiger partial charge in [-0.2, -0.15) is 0 Å². The van der Waals surface area contributed by atoms with Gasteiger partial charge in [0.05, 0.1) is 12.1 Å². The number of carbonyl (C=O) groups excluding carboxylic acids is 1. The molecule has 104 valence electrons. The molecular formula is C16H23NO2. The van der Waals surface area contributed by atoms with Crippen LogP contribution in [0.15, 0.2) is 18.2 Å². The smallest absolute Gasteiger partial charge is 0.179 e. The summed E-state index contributed by atoms with van der Waals surface area (Å²) in [6.07, 6.45) is 2.50. The summed E-state index contributed by atoms with van der Waals surface area (Å²) in [4.78, 5) is 12.3. The number of benzene rings is 1. The maximum absolute atomic E-state index is 12.3. The van der Waals surface area contributed by atoms with E-state index in [2.05, 4.69) is 12.2 Å². The van der Waals surface area contributed by atoms with Crippen LogP contribution in [0.1, 0.15) is 41.3 Å². The van der Waals surface area contributed by atoms with Crippen molar-refractivity contribution in [1.82, 2.24) is 5.32 Å². The minimum Gasteiger partial charge on any atom is -0.377 e.